The number of hydrogen-bond donors (Lipinski definition) is 1. The third-order valence-electron chi connectivity index (χ3n) is 2.44. The number of rotatable bonds is 4. The fraction of sp³-hybridized carbons (Fsp3) is 0.143. The number of benzene rings is 1. The summed E-state index contributed by atoms with van der Waals surface area (Å²) >= 11 is 0. The fourth-order valence-corrected chi connectivity index (χ4v) is 1.58. The minimum Gasteiger partial charge on any atom is -0.491 e. The van der Waals surface area contributed by atoms with Crippen molar-refractivity contribution in [3.63, 3.8) is 0 Å². The van der Waals surface area contributed by atoms with Crippen molar-refractivity contribution in [2.24, 2.45) is 0 Å². The molecule has 104 valence electrons. The normalized spacial score (nSPS) is 10.2. The molecule has 0 spiro atoms. The van der Waals surface area contributed by atoms with E-state index in [2.05, 4.69) is 10.3 Å². The van der Waals surface area contributed by atoms with Gasteiger partial charge in [-0.3, -0.25) is 4.79 Å². The van der Waals surface area contributed by atoms with Crippen LogP contribution in [0.5, 0.6) is 5.75 Å². The molecule has 0 aliphatic heterocycles. The van der Waals surface area contributed by atoms with E-state index in [-0.39, 0.29) is 17.1 Å². The van der Waals surface area contributed by atoms with Gasteiger partial charge in [-0.25, -0.2) is 9.37 Å². The number of hydrogen-bond acceptors (Lipinski definition) is 3. The molecule has 1 amide bonds. The zero-order valence-electron chi connectivity index (χ0n) is 10.7. The Morgan fingerprint density at radius 3 is 2.75 bits per heavy atom. The molecule has 4 nitrogen and oxygen atoms in total. The van der Waals surface area contributed by atoms with Crippen molar-refractivity contribution in [1.82, 2.24) is 4.98 Å². The van der Waals surface area contributed by atoms with Crippen LogP contribution in [0.1, 0.15) is 17.4 Å². The highest BCUT2D eigenvalue weighted by Gasteiger charge is 2.10. The SMILES string of the molecule is CCOc1ccc(NC(=O)c2cccc(F)n2)cc1F. The van der Waals surface area contributed by atoms with Gasteiger partial charge in [0.2, 0.25) is 5.95 Å². The zero-order chi connectivity index (χ0) is 14.5. The molecule has 1 aromatic heterocycles. The summed E-state index contributed by atoms with van der Waals surface area (Å²) in [5.74, 6) is -1.85. The molecule has 1 aromatic carbocycles. The van der Waals surface area contributed by atoms with Gasteiger partial charge in [0.15, 0.2) is 11.6 Å². The number of carbonyl (C=O) groups is 1. The van der Waals surface area contributed by atoms with Gasteiger partial charge in [0, 0.05) is 11.8 Å². The quantitative estimate of drug-likeness (QED) is 0.875. The maximum absolute atomic E-state index is 13.6. The molecule has 1 N–H and O–H groups in total. The van der Waals surface area contributed by atoms with E-state index in [1.54, 1.807) is 6.92 Å². The number of nitrogens with one attached hydrogen (secondary N) is 1. The minimum atomic E-state index is -0.754. The van der Waals surface area contributed by atoms with E-state index in [1.807, 2.05) is 0 Å². The Hall–Kier alpha value is -2.50. The molecule has 1 heterocycles. The molecule has 0 saturated carbocycles. The number of ether oxygens (including phenoxy) is 1. The fourth-order valence-electron chi connectivity index (χ4n) is 1.58. The van der Waals surface area contributed by atoms with Crippen LogP contribution in [0.4, 0.5) is 14.5 Å². The number of halogens is 2. The largest absolute Gasteiger partial charge is 0.491 e. The molecule has 0 aliphatic rings. The summed E-state index contributed by atoms with van der Waals surface area (Å²) in [5, 5.41) is 2.43. The van der Waals surface area contributed by atoms with Crippen molar-refractivity contribution in [1.29, 1.82) is 0 Å². The van der Waals surface area contributed by atoms with E-state index in [1.165, 1.54) is 24.3 Å². The summed E-state index contributed by atoms with van der Waals surface area (Å²) in [6.07, 6.45) is 0. The minimum absolute atomic E-state index is 0.0840. The highest BCUT2D eigenvalue weighted by Crippen LogP contribution is 2.21. The average molecular weight is 278 g/mol. The van der Waals surface area contributed by atoms with Gasteiger partial charge >= 0.3 is 0 Å². The smallest absolute Gasteiger partial charge is 0.274 e. The first-order chi connectivity index (χ1) is 9.60. The van der Waals surface area contributed by atoms with Crippen molar-refractivity contribution < 1.29 is 18.3 Å². The van der Waals surface area contributed by atoms with Crippen LogP contribution in [0.15, 0.2) is 36.4 Å². The molecule has 0 radical (unpaired) electrons. The Kier molecular flexibility index (Phi) is 4.24. The topological polar surface area (TPSA) is 51.2 Å². The summed E-state index contributed by atoms with van der Waals surface area (Å²) in [5.41, 5.74) is 0.154. The lowest BCUT2D eigenvalue weighted by atomic mass is 10.2. The Morgan fingerprint density at radius 2 is 2.10 bits per heavy atom. The van der Waals surface area contributed by atoms with Gasteiger partial charge in [-0.1, -0.05) is 6.07 Å². The van der Waals surface area contributed by atoms with Gasteiger partial charge in [-0.05, 0) is 31.2 Å². The number of anilines is 1. The van der Waals surface area contributed by atoms with Gasteiger partial charge in [0.1, 0.15) is 5.69 Å². The van der Waals surface area contributed by atoms with Crippen LogP contribution in [0, 0.1) is 11.8 Å². The second-order valence-electron chi connectivity index (χ2n) is 3.88. The van der Waals surface area contributed by atoms with Gasteiger partial charge < -0.3 is 10.1 Å². The monoisotopic (exact) mass is 278 g/mol. The van der Waals surface area contributed by atoms with Crippen molar-refractivity contribution in [2.45, 2.75) is 6.92 Å². The van der Waals surface area contributed by atoms with Crippen molar-refractivity contribution in [2.75, 3.05) is 11.9 Å². The Morgan fingerprint density at radius 1 is 1.30 bits per heavy atom. The molecule has 20 heavy (non-hydrogen) atoms. The first-order valence-electron chi connectivity index (χ1n) is 5.96. The second kappa shape index (κ2) is 6.10. The lowest BCUT2D eigenvalue weighted by molar-refractivity contribution is 0.102. The highest BCUT2D eigenvalue weighted by atomic mass is 19.1. The van der Waals surface area contributed by atoms with Gasteiger partial charge in [-0.2, -0.15) is 4.39 Å². The van der Waals surface area contributed by atoms with Crippen LogP contribution in [0.3, 0.4) is 0 Å². The van der Waals surface area contributed by atoms with Crippen LogP contribution in [-0.2, 0) is 0 Å². The molecule has 0 aliphatic carbocycles. The lowest BCUT2D eigenvalue weighted by Crippen LogP contribution is -2.14. The molecule has 6 heteroatoms. The molecular formula is C14H12F2N2O2. The standard InChI is InChI=1S/C14H12F2N2O2/c1-2-20-12-7-6-9(8-10(12)15)17-14(19)11-4-3-5-13(16)18-11/h3-8H,2H2,1H3,(H,17,19). The maximum atomic E-state index is 13.6. The Labute approximate surface area is 114 Å². The third kappa shape index (κ3) is 3.28. The lowest BCUT2D eigenvalue weighted by Gasteiger charge is -2.08. The number of pyridine rings is 1. The third-order valence-corrected chi connectivity index (χ3v) is 2.44. The maximum Gasteiger partial charge on any atom is 0.274 e. The number of aromatic nitrogens is 1. The van der Waals surface area contributed by atoms with E-state index < -0.39 is 17.7 Å². The number of carbonyl (C=O) groups excluding carboxylic acids is 1. The molecule has 0 saturated heterocycles. The van der Waals surface area contributed by atoms with Crippen molar-refractivity contribution in [3.05, 3.63) is 53.9 Å². The van der Waals surface area contributed by atoms with Crippen molar-refractivity contribution >= 4 is 11.6 Å². The molecule has 0 unspecified atom stereocenters. The predicted octanol–water partition coefficient (Wildman–Crippen LogP) is 3.01. The first kappa shape index (κ1) is 13.9. The molecular weight excluding hydrogens is 266 g/mol. The van der Waals surface area contributed by atoms with Gasteiger partial charge in [0.05, 0.1) is 6.61 Å². The van der Waals surface area contributed by atoms with E-state index in [0.717, 1.165) is 12.1 Å². The molecule has 0 atom stereocenters. The van der Waals surface area contributed by atoms with Crippen molar-refractivity contribution in [3.8, 4) is 5.75 Å². The average Bonchev–Trinajstić information content (AvgIpc) is 2.42. The highest BCUT2D eigenvalue weighted by molar-refractivity contribution is 6.02. The number of nitrogens with zero attached hydrogens (tertiary/aromatic N) is 1. The van der Waals surface area contributed by atoms with Crippen LogP contribution in [-0.4, -0.2) is 17.5 Å². The predicted molar refractivity (Wildman–Crippen MR) is 69.7 cm³/mol. The summed E-state index contributed by atoms with van der Waals surface area (Å²) in [4.78, 5) is 15.2. The summed E-state index contributed by atoms with van der Waals surface area (Å²) in [6.45, 7) is 2.08. The summed E-state index contributed by atoms with van der Waals surface area (Å²) in [7, 11) is 0. The summed E-state index contributed by atoms with van der Waals surface area (Å²) in [6, 6.07) is 7.90. The van der Waals surface area contributed by atoms with Crippen LogP contribution in [0.2, 0.25) is 0 Å². The molecule has 0 bridgehead atoms. The summed E-state index contributed by atoms with van der Waals surface area (Å²) < 4.78 is 31.5. The van der Waals surface area contributed by atoms with Crippen LogP contribution < -0.4 is 10.1 Å². The van der Waals surface area contributed by atoms with E-state index in [9.17, 15) is 13.6 Å². The van der Waals surface area contributed by atoms with Gasteiger partial charge in [0.25, 0.3) is 5.91 Å². The molecule has 0 fully saturated rings. The second-order valence-corrected chi connectivity index (χ2v) is 3.88. The van der Waals surface area contributed by atoms with E-state index in [4.69, 9.17) is 4.74 Å². The van der Waals surface area contributed by atoms with Crippen LogP contribution >= 0.6 is 0 Å². The van der Waals surface area contributed by atoms with E-state index >= 15 is 0 Å². The number of amides is 1. The molecule has 2 rings (SSSR count). The van der Waals surface area contributed by atoms with E-state index in [0.29, 0.717) is 6.61 Å². The van der Waals surface area contributed by atoms with Crippen LogP contribution in [0.25, 0.3) is 0 Å². The molecule has 2 aromatic rings. The first-order valence-corrected chi connectivity index (χ1v) is 5.96. The Balaban J connectivity index is 2.14. The zero-order valence-corrected chi connectivity index (χ0v) is 10.7. The Bertz CT molecular complexity index is 632. The van der Waals surface area contributed by atoms with Gasteiger partial charge in [-0.15, -0.1) is 0 Å².